The average Bonchev–Trinajstić information content (AvgIpc) is 2.62. The molecule has 2 aromatic rings. The van der Waals surface area contributed by atoms with Crippen LogP contribution in [0.15, 0.2) is 66.4 Å². The van der Waals surface area contributed by atoms with E-state index >= 15 is 0 Å². The molecular weight excluding hydrogens is 300 g/mol. The molecule has 0 saturated carbocycles. The first-order valence-corrected chi connectivity index (χ1v) is 8.04. The Balaban J connectivity index is 2.01. The zero-order valence-electron chi connectivity index (χ0n) is 13.9. The Morgan fingerprint density at radius 2 is 1.71 bits per heavy atom. The highest BCUT2D eigenvalue weighted by Gasteiger charge is 2.39. The van der Waals surface area contributed by atoms with Crippen LogP contribution in [0, 0.1) is 12.8 Å². The number of allylic oxidation sites excluding steroid dienone is 2. The van der Waals surface area contributed by atoms with Crippen molar-refractivity contribution >= 4 is 11.6 Å². The first-order chi connectivity index (χ1) is 11.6. The van der Waals surface area contributed by atoms with Crippen LogP contribution in [0.4, 0.5) is 0 Å². The van der Waals surface area contributed by atoms with Gasteiger partial charge in [-0.05, 0) is 12.5 Å². The van der Waals surface area contributed by atoms with Crippen LogP contribution in [-0.4, -0.2) is 18.7 Å². The minimum Gasteiger partial charge on any atom is -0.501 e. The fourth-order valence-electron chi connectivity index (χ4n) is 3.20. The van der Waals surface area contributed by atoms with Crippen LogP contribution in [0.25, 0.3) is 0 Å². The predicted molar refractivity (Wildman–Crippen MR) is 92.9 cm³/mol. The topological polar surface area (TPSA) is 43.4 Å². The lowest BCUT2D eigenvalue weighted by atomic mass is 9.73. The maximum Gasteiger partial charge on any atom is 0.174 e. The van der Waals surface area contributed by atoms with Crippen molar-refractivity contribution in [2.45, 2.75) is 19.3 Å². The molecule has 3 heteroatoms. The molecule has 2 aromatic carbocycles. The van der Waals surface area contributed by atoms with Crippen molar-refractivity contribution in [1.82, 2.24) is 0 Å². The maximum absolute atomic E-state index is 13.0. The van der Waals surface area contributed by atoms with Crippen LogP contribution in [0.3, 0.4) is 0 Å². The summed E-state index contributed by atoms with van der Waals surface area (Å²) in [5.74, 6) is -0.582. The molecule has 0 amide bonds. The predicted octanol–water partition coefficient (Wildman–Crippen LogP) is 4.08. The van der Waals surface area contributed by atoms with Gasteiger partial charge in [0.2, 0.25) is 0 Å². The lowest BCUT2D eigenvalue weighted by Gasteiger charge is -2.29. The van der Waals surface area contributed by atoms with Gasteiger partial charge in [0.05, 0.1) is 18.8 Å². The molecule has 2 atom stereocenters. The molecule has 0 bridgehead atoms. The third-order valence-electron chi connectivity index (χ3n) is 4.54. The number of benzene rings is 2. The largest absolute Gasteiger partial charge is 0.501 e. The molecule has 122 valence electrons. The molecule has 0 saturated heterocycles. The van der Waals surface area contributed by atoms with Gasteiger partial charge in [0.25, 0.3) is 0 Å². The molecule has 24 heavy (non-hydrogen) atoms. The van der Waals surface area contributed by atoms with Gasteiger partial charge in [0.15, 0.2) is 11.6 Å². The van der Waals surface area contributed by atoms with E-state index in [-0.39, 0.29) is 17.5 Å². The summed E-state index contributed by atoms with van der Waals surface area (Å²) < 4.78 is 5.29. The van der Waals surface area contributed by atoms with Crippen molar-refractivity contribution in [1.29, 1.82) is 0 Å². The van der Waals surface area contributed by atoms with Gasteiger partial charge < -0.3 is 4.74 Å². The van der Waals surface area contributed by atoms with E-state index in [0.717, 1.165) is 11.1 Å². The summed E-state index contributed by atoms with van der Waals surface area (Å²) >= 11 is 0. The zero-order valence-corrected chi connectivity index (χ0v) is 13.9. The second-order valence-corrected chi connectivity index (χ2v) is 6.15. The fraction of sp³-hybridized carbons (Fsp3) is 0.238. The second-order valence-electron chi connectivity index (χ2n) is 6.15. The molecule has 0 heterocycles. The summed E-state index contributed by atoms with van der Waals surface area (Å²) in [6, 6.07) is 17.1. The lowest BCUT2D eigenvalue weighted by Crippen LogP contribution is -2.33. The molecule has 2 unspecified atom stereocenters. The van der Waals surface area contributed by atoms with Crippen molar-refractivity contribution in [2.24, 2.45) is 5.92 Å². The first-order valence-electron chi connectivity index (χ1n) is 8.04. The number of ketones is 2. The summed E-state index contributed by atoms with van der Waals surface area (Å²) in [5, 5.41) is 0. The van der Waals surface area contributed by atoms with Crippen LogP contribution in [0.1, 0.15) is 33.8 Å². The average molecular weight is 320 g/mol. The summed E-state index contributed by atoms with van der Waals surface area (Å²) in [5.41, 5.74) is 2.65. The zero-order chi connectivity index (χ0) is 17.1. The molecule has 3 rings (SSSR count). The minimum absolute atomic E-state index is 0.125. The Morgan fingerprint density at radius 3 is 2.33 bits per heavy atom. The highest BCUT2D eigenvalue weighted by atomic mass is 16.5. The summed E-state index contributed by atoms with van der Waals surface area (Å²) in [6.45, 7) is 1.97. The van der Waals surface area contributed by atoms with E-state index in [2.05, 4.69) is 0 Å². The molecule has 0 aliphatic heterocycles. The Labute approximate surface area is 142 Å². The third-order valence-corrected chi connectivity index (χ3v) is 4.54. The van der Waals surface area contributed by atoms with Gasteiger partial charge >= 0.3 is 0 Å². The number of ether oxygens (including phenoxy) is 1. The van der Waals surface area contributed by atoms with E-state index in [9.17, 15) is 9.59 Å². The van der Waals surface area contributed by atoms with Crippen LogP contribution in [-0.2, 0) is 9.53 Å². The van der Waals surface area contributed by atoms with E-state index in [1.54, 1.807) is 19.2 Å². The molecule has 0 fully saturated rings. The van der Waals surface area contributed by atoms with Crippen LogP contribution < -0.4 is 0 Å². The third kappa shape index (κ3) is 3.16. The van der Waals surface area contributed by atoms with Crippen LogP contribution >= 0.6 is 0 Å². The molecule has 1 aliphatic carbocycles. The molecule has 0 aromatic heterocycles. The number of hydrogen-bond acceptors (Lipinski definition) is 3. The van der Waals surface area contributed by atoms with Crippen molar-refractivity contribution in [3.8, 4) is 0 Å². The molecule has 3 nitrogen and oxygen atoms in total. The summed E-state index contributed by atoms with van der Waals surface area (Å²) in [7, 11) is 1.56. The Morgan fingerprint density at radius 1 is 1.04 bits per heavy atom. The van der Waals surface area contributed by atoms with E-state index in [0.29, 0.717) is 17.7 Å². The van der Waals surface area contributed by atoms with Crippen molar-refractivity contribution in [2.75, 3.05) is 7.11 Å². The second kappa shape index (κ2) is 6.83. The van der Waals surface area contributed by atoms with E-state index in [1.165, 1.54) is 6.08 Å². The molecule has 1 aliphatic rings. The number of carbonyl (C=O) groups is 2. The summed E-state index contributed by atoms with van der Waals surface area (Å²) in [4.78, 5) is 25.7. The highest BCUT2D eigenvalue weighted by Crippen LogP contribution is 2.38. The quantitative estimate of drug-likeness (QED) is 0.630. The van der Waals surface area contributed by atoms with Gasteiger partial charge in [0, 0.05) is 24.0 Å². The maximum atomic E-state index is 13.0. The molecule has 0 radical (unpaired) electrons. The van der Waals surface area contributed by atoms with Gasteiger partial charge in [-0.15, -0.1) is 0 Å². The molecule has 0 spiro atoms. The van der Waals surface area contributed by atoms with Gasteiger partial charge in [-0.3, -0.25) is 9.59 Å². The fourth-order valence-corrected chi connectivity index (χ4v) is 3.20. The van der Waals surface area contributed by atoms with Gasteiger partial charge in [-0.1, -0.05) is 60.2 Å². The lowest BCUT2D eigenvalue weighted by molar-refractivity contribution is -0.118. The standard InChI is InChI=1S/C21H20O3/c1-14-8-10-16(11-9-14)21(23)20-18(15-6-4-3-5-7-15)12-17(24-2)13-19(20)22/h3-11,13,18,20H,12H2,1-2H3. The number of carbonyl (C=O) groups excluding carboxylic acids is 2. The first kappa shape index (κ1) is 16.2. The highest BCUT2D eigenvalue weighted by molar-refractivity contribution is 6.15. The Bertz CT molecular complexity index is 772. The SMILES string of the molecule is COC1=CC(=O)C(C(=O)c2ccc(C)cc2)C(c2ccccc2)C1. The smallest absolute Gasteiger partial charge is 0.174 e. The van der Waals surface area contributed by atoms with E-state index in [4.69, 9.17) is 4.74 Å². The number of Topliss-reactive ketones (excluding diaryl/α,β-unsaturated/α-hetero) is 1. The van der Waals surface area contributed by atoms with Crippen molar-refractivity contribution in [3.63, 3.8) is 0 Å². The Hall–Kier alpha value is -2.68. The van der Waals surface area contributed by atoms with Crippen molar-refractivity contribution in [3.05, 3.63) is 83.1 Å². The molecule has 0 N–H and O–H groups in total. The normalized spacial score (nSPS) is 20.4. The van der Waals surface area contributed by atoms with Crippen molar-refractivity contribution < 1.29 is 14.3 Å². The molecular formula is C21H20O3. The number of rotatable bonds is 4. The monoisotopic (exact) mass is 320 g/mol. The van der Waals surface area contributed by atoms with E-state index < -0.39 is 5.92 Å². The van der Waals surface area contributed by atoms with Gasteiger partial charge in [0.1, 0.15) is 0 Å². The van der Waals surface area contributed by atoms with Gasteiger partial charge in [-0.2, -0.15) is 0 Å². The minimum atomic E-state index is -0.700. The van der Waals surface area contributed by atoms with Crippen LogP contribution in [0.2, 0.25) is 0 Å². The van der Waals surface area contributed by atoms with Gasteiger partial charge in [-0.25, -0.2) is 0 Å². The number of hydrogen-bond donors (Lipinski definition) is 0. The number of methoxy groups -OCH3 is 1. The van der Waals surface area contributed by atoms with E-state index in [1.807, 2.05) is 49.4 Å². The Kier molecular flexibility index (Phi) is 4.61. The number of aryl methyl sites for hydroxylation is 1. The van der Waals surface area contributed by atoms with Crippen LogP contribution in [0.5, 0.6) is 0 Å². The summed E-state index contributed by atoms with van der Waals surface area (Å²) in [6.07, 6.45) is 2.02.